The van der Waals surface area contributed by atoms with E-state index in [0.717, 1.165) is 50.0 Å². The lowest BCUT2D eigenvalue weighted by atomic mass is 9.93. The van der Waals surface area contributed by atoms with Gasteiger partial charge in [-0.05, 0) is 73.6 Å². The summed E-state index contributed by atoms with van der Waals surface area (Å²) in [5, 5.41) is 7.09. The van der Waals surface area contributed by atoms with Gasteiger partial charge in [-0.15, -0.1) is 0 Å². The summed E-state index contributed by atoms with van der Waals surface area (Å²) in [5.41, 5.74) is 3.17. The maximum atomic E-state index is 14.8. The van der Waals surface area contributed by atoms with Gasteiger partial charge >= 0.3 is 0 Å². The number of anilines is 1. The zero-order valence-electron chi connectivity index (χ0n) is 20.9. The monoisotopic (exact) mass is 504 g/mol. The molecule has 3 heterocycles. The number of carbonyl (C=O) groups excluding carboxylic acids is 1. The number of hydrogen-bond acceptors (Lipinski definition) is 6. The first kappa shape index (κ1) is 24.7. The Morgan fingerprint density at radius 2 is 1.89 bits per heavy atom. The second-order valence-corrected chi connectivity index (χ2v) is 9.06. The molecule has 0 atom stereocenters. The summed E-state index contributed by atoms with van der Waals surface area (Å²) >= 11 is 0. The zero-order valence-corrected chi connectivity index (χ0v) is 20.9. The third-order valence-electron chi connectivity index (χ3n) is 6.73. The molecule has 0 radical (unpaired) electrons. The predicted octanol–water partition coefficient (Wildman–Crippen LogP) is 5.16. The van der Waals surface area contributed by atoms with Crippen LogP contribution in [0.15, 0.2) is 54.7 Å². The molecule has 1 aliphatic rings. The fraction of sp³-hybridized carbons (Fsp3) is 0.321. The Morgan fingerprint density at radius 3 is 2.65 bits per heavy atom. The molecule has 1 aliphatic heterocycles. The van der Waals surface area contributed by atoms with Gasteiger partial charge in [-0.2, -0.15) is 5.10 Å². The number of halogens is 1. The van der Waals surface area contributed by atoms with Crippen molar-refractivity contribution >= 4 is 17.2 Å². The summed E-state index contributed by atoms with van der Waals surface area (Å²) in [6.07, 6.45) is 5.55. The van der Waals surface area contributed by atoms with Crippen molar-refractivity contribution in [2.24, 2.45) is 5.92 Å². The van der Waals surface area contributed by atoms with Crippen molar-refractivity contribution in [3.05, 3.63) is 71.8 Å². The molecule has 9 heteroatoms. The summed E-state index contributed by atoms with van der Waals surface area (Å²) < 4.78 is 32.5. The van der Waals surface area contributed by atoms with Gasteiger partial charge in [0.25, 0.3) is 5.91 Å². The highest BCUT2D eigenvalue weighted by atomic mass is 19.1. The van der Waals surface area contributed by atoms with Crippen molar-refractivity contribution < 1.29 is 23.4 Å². The molecule has 5 rings (SSSR count). The Labute approximate surface area is 214 Å². The van der Waals surface area contributed by atoms with Gasteiger partial charge in [-0.1, -0.05) is 6.07 Å². The third-order valence-corrected chi connectivity index (χ3v) is 6.73. The van der Waals surface area contributed by atoms with E-state index >= 15 is 0 Å². The van der Waals surface area contributed by atoms with E-state index in [4.69, 9.17) is 14.2 Å². The number of carbonyl (C=O) groups is 1. The maximum absolute atomic E-state index is 14.8. The molecule has 2 aromatic heterocycles. The first-order valence-corrected chi connectivity index (χ1v) is 12.3. The van der Waals surface area contributed by atoms with E-state index in [0.29, 0.717) is 28.8 Å². The minimum absolute atomic E-state index is 0.116. The van der Waals surface area contributed by atoms with Crippen LogP contribution in [-0.2, 0) is 11.2 Å². The van der Waals surface area contributed by atoms with Crippen molar-refractivity contribution in [3.8, 4) is 22.8 Å². The normalized spacial score (nSPS) is 14.0. The van der Waals surface area contributed by atoms with E-state index < -0.39 is 11.7 Å². The van der Waals surface area contributed by atoms with Gasteiger partial charge in [0.15, 0.2) is 22.8 Å². The molecule has 0 bridgehead atoms. The van der Waals surface area contributed by atoms with Crippen LogP contribution in [0.4, 0.5) is 10.1 Å². The minimum atomic E-state index is -0.516. The molecule has 0 saturated carbocycles. The molecule has 2 aromatic carbocycles. The summed E-state index contributed by atoms with van der Waals surface area (Å²) in [7, 11) is 3.14. The summed E-state index contributed by atoms with van der Waals surface area (Å²) in [4.78, 5) is 17.3. The summed E-state index contributed by atoms with van der Waals surface area (Å²) in [5.74, 6) is 0.808. The van der Waals surface area contributed by atoms with E-state index in [2.05, 4.69) is 15.4 Å². The molecule has 0 aliphatic carbocycles. The number of nitrogens with one attached hydrogen (secondary N) is 1. The first-order valence-electron chi connectivity index (χ1n) is 12.3. The van der Waals surface area contributed by atoms with Gasteiger partial charge in [0.2, 0.25) is 0 Å². The third kappa shape index (κ3) is 5.41. The number of aromatic nitrogens is 3. The van der Waals surface area contributed by atoms with E-state index in [-0.39, 0.29) is 11.4 Å². The molecule has 192 valence electrons. The van der Waals surface area contributed by atoms with E-state index in [9.17, 15) is 9.18 Å². The SMILES string of the molecule is COc1ccc(-c2ccnc3cc(C(=O)Nc4ccc(CCC5CCOCC5)cc4F)nn23)cc1OC. The van der Waals surface area contributed by atoms with Crippen LogP contribution >= 0.6 is 0 Å². The fourth-order valence-corrected chi connectivity index (χ4v) is 4.63. The maximum Gasteiger partial charge on any atom is 0.276 e. The zero-order chi connectivity index (χ0) is 25.8. The number of aryl methyl sites for hydroxylation is 1. The van der Waals surface area contributed by atoms with Crippen LogP contribution in [0.5, 0.6) is 11.5 Å². The molecular weight excluding hydrogens is 475 g/mol. The second kappa shape index (κ2) is 11.0. The lowest BCUT2D eigenvalue weighted by molar-refractivity contribution is 0.0640. The quantitative estimate of drug-likeness (QED) is 0.357. The van der Waals surface area contributed by atoms with Crippen LogP contribution in [0.2, 0.25) is 0 Å². The Balaban J connectivity index is 1.32. The van der Waals surface area contributed by atoms with Crippen molar-refractivity contribution in [3.63, 3.8) is 0 Å². The van der Waals surface area contributed by atoms with Crippen LogP contribution in [0.3, 0.4) is 0 Å². The lowest BCUT2D eigenvalue weighted by Gasteiger charge is -2.21. The van der Waals surface area contributed by atoms with Gasteiger partial charge < -0.3 is 19.5 Å². The Morgan fingerprint density at radius 1 is 1.08 bits per heavy atom. The standard InChI is InChI=1S/C28H29FN4O4/c1-35-25-8-6-20(16-26(25)36-2)24-9-12-30-27-17-23(32-33(24)27)28(34)31-22-7-5-19(15-21(22)29)4-3-18-10-13-37-14-11-18/h5-9,12,15-18H,3-4,10-11,13-14H2,1-2H3,(H,31,34). The predicted molar refractivity (Wildman–Crippen MR) is 138 cm³/mol. The number of amides is 1. The van der Waals surface area contributed by atoms with Crippen molar-refractivity contribution in [2.75, 3.05) is 32.8 Å². The number of fused-ring (bicyclic) bond motifs is 1. The summed E-state index contributed by atoms with van der Waals surface area (Å²) in [6, 6.07) is 13.8. The molecule has 4 aromatic rings. The number of rotatable bonds is 8. The topological polar surface area (TPSA) is 87.0 Å². The number of ether oxygens (including phenoxy) is 3. The van der Waals surface area contributed by atoms with Crippen LogP contribution in [-0.4, -0.2) is 47.9 Å². The fourth-order valence-electron chi connectivity index (χ4n) is 4.63. The van der Waals surface area contributed by atoms with Crippen molar-refractivity contribution in [1.82, 2.24) is 14.6 Å². The van der Waals surface area contributed by atoms with Crippen molar-refractivity contribution in [1.29, 1.82) is 0 Å². The van der Waals surface area contributed by atoms with Gasteiger partial charge in [0.05, 0.1) is 25.6 Å². The largest absolute Gasteiger partial charge is 0.493 e. The van der Waals surface area contributed by atoms with Gasteiger partial charge in [-0.25, -0.2) is 13.9 Å². The van der Waals surface area contributed by atoms with Crippen LogP contribution in [0.1, 0.15) is 35.3 Å². The van der Waals surface area contributed by atoms with Crippen LogP contribution in [0, 0.1) is 11.7 Å². The average molecular weight is 505 g/mol. The number of methoxy groups -OCH3 is 2. The highest BCUT2D eigenvalue weighted by molar-refractivity contribution is 6.03. The molecule has 8 nitrogen and oxygen atoms in total. The molecule has 1 amide bonds. The molecule has 1 saturated heterocycles. The molecule has 0 unspecified atom stereocenters. The smallest absolute Gasteiger partial charge is 0.276 e. The number of nitrogens with zero attached hydrogens (tertiary/aromatic N) is 3. The highest BCUT2D eigenvalue weighted by Crippen LogP contribution is 2.32. The second-order valence-electron chi connectivity index (χ2n) is 9.06. The highest BCUT2D eigenvalue weighted by Gasteiger charge is 2.18. The van der Waals surface area contributed by atoms with Crippen LogP contribution < -0.4 is 14.8 Å². The molecule has 1 fully saturated rings. The van der Waals surface area contributed by atoms with Gasteiger partial charge in [0, 0.05) is 31.0 Å². The molecule has 0 spiro atoms. The summed E-state index contributed by atoms with van der Waals surface area (Å²) in [6.45, 7) is 1.61. The molecule has 1 N–H and O–H groups in total. The van der Waals surface area contributed by atoms with E-state index in [1.165, 1.54) is 6.07 Å². The number of benzene rings is 2. The van der Waals surface area contributed by atoms with Gasteiger partial charge in [0.1, 0.15) is 5.82 Å². The Bertz CT molecular complexity index is 1410. The Kier molecular flexibility index (Phi) is 7.32. The number of hydrogen-bond donors (Lipinski definition) is 1. The Hall–Kier alpha value is -3.98. The molecule has 37 heavy (non-hydrogen) atoms. The van der Waals surface area contributed by atoms with Crippen LogP contribution in [0.25, 0.3) is 16.9 Å². The van der Waals surface area contributed by atoms with E-state index in [1.807, 2.05) is 18.2 Å². The minimum Gasteiger partial charge on any atom is -0.493 e. The average Bonchev–Trinajstić information content (AvgIpc) is 3.38. The van der Waals surface area contributed by atoms with E-state index in [1.54, 1.807) is 49.2 Å². The molecular formula is C28H29FN4O4. The first-order chi connectivity index (χ1) is 18.1. The van der Waals surface area contributed by atoms with Crippen molar-refractivity contribution in [2.45, 2.75) is 25.7 Å². The van der Waals surface area contributed by atoms with Gasteiger partial charge in [-0.3, -0.25) is 4.79 Å². The lowest BCUT2D eigenvalue weighted by Crippen LogP contribution is -2.16.